The molecular formula is C22H21N3OS. The average molecular weight is 375 g/mol. The van der Waals surface area contributed by atoms with Gasteiger partial charge in [-0.15, -0.1) is 0 Å². The van der Waals surface area contributed by atoms with Gasteiger partial charge < -0.3 is 5.73 Å². The molecule has 4 nitrogen and oxygen atoms in total. The van der Waals surface area contributed by atoms with E-state index in [1.54, 1.807) is 30.3 Å². The number of nitrogens with two attached hydrogens (primary N) is 2. The molecule has 0 saturated carbocycles. The normalized spacial score (nSPS) is 12.2. The summed E-state index contributed by atoms with van der Waals surface area (Å²) in [6, 6.07) is 22.7. The number of hydrogen-bond acceptors (Lipinski definition) is 3. The highest BCUT2D eigenvalue weighted by Gasteiger charge is 2.10. The Morgan fingerprint density at radius 3 is 2.52 bits per heavy atom. The van der Waals surface area contributed by atoms with Crippen molar-refractivity contribution in [2.24, 2.45) is 5.14 Å². The summed E-state index contributed by atoms with van der Waals surface area (Å²) in [5, 5.41) is 14.0. The molecule has 0 fully saturated rings. The maximum atomic E-state index is 11.5. The lowest BCUT2D eigenvalue weighted by Gasteiger charge is -2.10. The molecule has 0 saturated heterocycles. The number of rotatable bonds is 6. The van der Waals surface area contributed by atoms with Crippen LogP contribution >= 0.6 is 0 Å². The van der Waals surface area contributed by atoms with Crippen LogP contribution in [0.1, 0.15) is 22.3 Å². The van der Waals surface area contributed by atoms with Gasteiger partial charge in [0.25, 0.3) is 0 Å². The number of benzene rings is 3. The zero-order valence-corrected chi connectivity index (χ0v) is 15.6. The first-order chi connectivity index (χ1) is 13.0. The van der Waals surface area contributed by atoms with Crippen molar-refractivity contribution in [3.8, 4) is 0 Å². The van der Waals surface area contributed by atoms with Crippen molar-refractivity contribution in [2.75, 3.05) is 5.73 Å². The SMILES string of the molecule is N=C(c1cccc(S(N)=O)c1)c1cc(/C=C/Cc2ccccc2)ccc1N. The number of allylic oxidation sites excluding steroid dienone is 1. The minimum Gasteiger partial charge on any atom is -0.398 e. The zero-order valence-electron chi connectivity index (χ0n) is 14.8. The van der Waals surface area contributed by atoms with Crippen LogP contribution in [-0.4, -0.2) is 9.92 Å². The van der Waals surface area contributed by atoms with Gasteiger partial charge in [0.05, 0.1) is 10.6 Å². The molecule has 3 rings (SSSR count). The minimum atomic E-state index is -1.58. The van der Waals surface area contributed by atoms with Gasteiger partial charge in [0.15, 0.2) is 0 Å². The quantitative estimate of drug-likeness (QED) is 0.450. The smallest absolute Gasteiger partial charge is 0.122 e. The first kappa shape index (κ1) is 18.8. The van der Waals surface area contributed by atoms with Gasteiger partial charge in [-0.2, -0.15) is 0 Å². The molecule has 3 aromatic carbocycles. The lowest BCUT2D eigenvalue weighted by atomic mass is 9.98. The van der Waals surface area contributed by atoms with Gasteiger partial charge in [-0.05, 0) is 41.8 Å². The Morgan fingerprint density at radius 1 is 1.00 bits per heavy atom. The van der Waals surface area contributed by atoms with Gasteiger partial charge in [-0.1, -0.05) is 60.7 Å². The van der Waals surface area contributed by atoms with E-state index in [1.807, 2.05) is 36.4 Å². The molecule has 0 aliphatic rings. The van der Waals surface area contributed by atoms with Crippen molar-refractivity contribution in [2.45, 2.75) is 11.3 Å². The second-order valence-corrected chi connectivity index (χ2v) is 7.21. The van der Waals surface area contributed by atoms with Crippen LogP contribution < -0.4 is 10.9 Å². The standard InChI is InChI=1S/C22H21N3OS/c23-21-13-12-17(9-4-8-16-6-2-1-3-7-16)14-20(21)22(24)18-10-5-11-19(15-18)27(25)26/h1-7,9-15,24H,8,23,25H2/b9-4+,24-22?. The van der Waals surface area contributed by atoms with Crippen LogP contribution in [0, 0.1) is 5.41 Å². The predicted octanol–water partition coefficient (Wildman–Crippen LogP) is 3.92. The molecule has 0 bridgehead atoms. The Hall–Kier alpha value is -3.02. The van der Waals surface area contributed by atoms with Gasteiger partial charge in [-0.3, -0.25) is 5.41 Å². The summed E-state index contributed by atoms with van der Waals surface area (Å²) in [6.07, 6.45) is 4.95. The number of nitrogens with one attached hydrogen (secondary N) is 1. The van der Waals surface area contributed by atoms with E-state index in [-0.39, 0.29) is 5.71 Å². The molecule has 1 unspecified atom stereocenters. The van der Waals surface area contributed by atoms with Crippen molar-refractivity contribution >= 4 is 28.5 Å². The van der Waals surface area contributed by atoms with Crippen LogP contribution in [0.5, 0.6) is 0 Å². The second kappa shape index (κ2) is 8.58. The maximum Gasteiger partial charge on any atom is 0.122 e. The number of anilines is 1. The third-order valence-electron chi connectivity index (χ3n) is 4.21. The monoisotopic (exact) mass is 375 g/mol. The molecule has 0 aromatic heterocycles. The Balaban J connectivity index is 1.83. The summed E-state index contributed by atoms with van der Waals surface area (Å²) >= 11 is 0. The highest BCUT2D eigenvalue weighted by Crippen LogP contribution is 2.20. The maximum absolute atomic E-state index is 11.5. The fourth-order valence-electron chi connectivity index (χ4n) is 2.77. The second-order valence-electron chi connectivity index (χ2n) is 6.14. The first-order valence-electron chi connectivity index (χ1n) is 8.50. The molecule has 136 valence electrons. The molecule has 0 radical (unpaired) electrons. The molecule has 0 heterocycles. The van der Waals surface area contributed by atoms with Gasteiger partial charge in [0, 0.05) is 16.8 Å². The molecule has 0 spiro atoms. The summed E-state index contributed by atoms with van der Waals surface area (Å²) in [6.45, 7) is 0. The van der Waals surface area contributed by atoms with Gasteiger partial charge in [0.2, 0.25) is 0 Å². The fourth-order valence-corrected chi connectivity index (χ4v) is 3.23. The van der Waals surface area contributed by atoms with Crippen LogP contribution in [-0.2, 0) is 17.4 Å². The van der Waals surface area contributed by atoms with E-state index in [9.17, 15) is 4.21 Å². The van der Waals surface area contributed by atoms with Crippen LogP contribution in [0.4, 0.5) is 5.69 Å². The van der Waals surface area contributed by atoms with Crippen LogP contribution in [0.3, 0.4) is 0 Å². The van der Waals surface area contributed by atoms with E-state index < -0.39 is 11.0 Å². The van der Waals surface area contributed by atoms with Crippen molar-refractivity contribution in [3.05, 3.63) is 101 Å². The molecule has 1 atom stereocenters. The summed E-state index contributed by atoms with van der Waals surface area (Å²) in [7, 11) is -1.58. The fraction of sp³-hybridized carbons (Fsp3) is 0.0455. The average Bonchev–Trinajstić information content (AvgIpc) is 2.69. The summed E-state index contributed by atoms with van der Waals surface area (Å²) in [5.74, 6) is 0. The summed E-state index contributed by atoms with van der Waals surface area (Å²) in [4.78, 5) is 0.481. The highest BCUT2D eigenvalue weighted by atomic mass is 32.2. The van der Waals surface area contributed by atoms with E-state index in [1.165, 1.54) is 5.56 Å². The van der Waals surface area contributed by atoms with E-state index in [0.717, 1.165) is 12.0 Å². The van der Waals surface area contributed by atoms with Crippen molar-refractivity contribution in [1.29, 1.82) is 5.41 Å². The zero-order chi connectivity index (χ0) is 19.2. The molecule has 27 heavy (non-hydrogen) atoms. The lowest BCUT2D eigenvalue weighted by Crippen LogP contribution is -2.08. The van der Waals surface area contributed by atoms with E-state index in [4.69, 9.17) is 16.3 Å². The third-order valence-corrected chi connectivity index (χ3v) is 4.93. The van der Waals surface area contributed by atoms with Crippen molar-refractivity contribution < 1.29 is 4.21 Å². The van der Waals surface area contributed by atoms with Crippen molar-refractivity contribution in [3.63, 3.8) is 0 Å². The largest absolute Gasteiger partial charge is 0.398 e. The molecule has 5 N–H and O–H groups in total. The number of hydrogen-bond donors (Lipinski definition) is 3. The predicted molar refractivity (Wildman–Crippen MR) is 113 cm³/mol. The first-order valence-corrected chi connectivity index (χ1v) is 9.71. The van der Waals surface area contributed by atoms with Crippen LogP contribution in [0.15, 0.2) is 83.8 Å². The molecule has 5 heteroatoms. The minimum absolute atomic E-state index is 0.276. The van der Waals surface area contributed by atoms with Gasteiger partial charge in [0.1, 0.15) is 11.0 Å². The molecule has 3 aromatic rings. The third kappa shape index (κ3) is 4.78. The van der Waals surface area contributed by atoms with Crippen molar-refractivity contribution in [1.82, 2.24) is 0 Å². The molecular weight excluding hydrogens is 354 g/mol. The Bertz CT molecular complexity index is 1010. The number of nitrogen functional groups attached to an aromatic ring is 1. The van der Waals surface area contributed by atoms with Gasteiger partial charge >= 0.3 is 0 Å². The Kier molecular flexibility index (Phi) is 5.96. The van der Waals surface area contributed by atoms with Gasteiger partial charge in [-0.25, -0.2) is 9.35 Å². The van der Waals surface area contributed by atoms with E-state index >= 15 is 0 Å². The highest BCUT2D eigenvalue weighted by molar-refractivity contribution is 7.82. The van der Waals surface area contributed by atoms with E-state index in [0.29, 0.717) is 21.7 Å². The summed E-state index contributed by atoms with van der Waals surface area (Å²) in [5.41, 5.74) is 10.4. The molecule has 0 aliphatic heterocycles. The lowest BCUT2D eigenvalue weighted by molar-refractivity contribution is 0.684. The van der Waals surface area contributed by atoms with Crippen LogP contribution in [0.25, 0.3) is 6.08 Å². The molecule has 0 amide bonds. The Labute approximate surface area is 161 Å². The van der Waals surface area contributed by atoms with E-state index in [2.05, 4.69) is 18.2 Å². The topological polar surface area (TPSA) is 93.0 Å². The van der Waals surface area contributed by atoms with Crippen LogP contribution in [0.2, 0.25) is 0 Å². The summed E-state index contributed by atoms with van der Waals surface area (Å²) < 4.78 is 11.5. The molecule has 0 aliphatic carbocycles. The Morgan fingerprint density at radius 2 is 1.78 bits per heavy atom.